The highest BCUT2D eigenvalue weighted by molar-refractivity contribution is 6.12. The van der Waals surface area contributed by atoms with Gasteiger partial charge in [0.2, 0.25) is 5.91 Å². The van der Waals surface area contributed by atoms with Crippen molar-refractivity contribution in [2.75, 3.05) is 7.05 Å². The lowest BCUT2D eigenvalue weighted by atomic mass is 9.98. The molecule has 37 heavy (non-hydrogen) atoms. The van der Waals surface area contributed by atoms with Gasteiger partial charge in [-0.2, -0.15) is 0 Å². The van der Waals surface area contributed by atoms with E-state index in [1.54, 1.807) is 13.1 Å². The summed E-state index contributed by atoms with van der Waals surface area (Å²) in [6, 6.07) is 20.6. The summed E-state index contributed by atoms with van der Waals surface area (Å²) in [5.74, 6) is -0.666. The van der Waals surface area contributed by atoms with Gasteiger partial charge < -0.3 is 20.8 Å². The zero-order valence-corrected chi connectivity index (χ0v) is 20.8. The predicted molar refractivity (Wildman–Crippen MR) is 143 cm³/mol. The molecule has 3 aromatic carbocycles. The van der Waals surface area contributed by atoms with E-state index in [2.05, 4.69) is 10.6 Å². The molecule has 5 rings (SSSR count). The molecule has 1 aromatic heterocycles. The summed E-state index contributed by atoms with van der Waals surface area (Å²) in [6.45, 7) is 2.01. The molecular formula is C30H29N3O4. The third-order valence-corrected chi connectivity index (χ3v) is 7.11. The van der Waals surface area contributed by atoms with E-state index in [0.717, 1.165) is 35.1 Å². The average Bonchev–Trinajstić information content (AvgIpc) is 3.53. The van der Waals surface area contributed by atoms with Gasteiger partial charge in [-0.25, -0.2) is 0 Å². The fraction of sp³-hybridized carbons (Fsp3) is 0.233. The molecule has 1 aliphatic carbocycles. The fourth-order valence-corrected chi connectivity index (χ4v) is 5.10. The number of aryl methyl sites for hydroxylation is 1. The van der Waals surface area contributed by atoms with E-state index in [-0.39, 0.29) is 29.7 Å². The van der Waals surface area contributed by atoms with Crippen molar-refractivity contribution in [2.45, 2.75) is 32.2 Å². The summed E-state index contributed by atoms with van der Waals surface area (Å²) in [5, 5.41) is 6.40. The summed E-state index contributed by atoms with van der Waals surface area (Å²) < 4.78 is 6.14. The minimum atomic E-state index is -0.373. The molecule has 0 spiro atoms. The Bertz CT molecular complexity index is 1500. The van der Waals surface area contributed by atoms with Gasteiger partial charge in [-0.15, -0.1) is 0 Å². The average molecular weight is 496 g/mol. The molecule has 1 aliphatic rings. The SMILES string of the molecule is CNC(=O)c1c(-c2ccc(C)cc2)oc2ccc(-c3cccc(C(=O)N[C@H]4CCC[C@H]4C(N)=O)c3)cc12. The number of primary amides is 1. The van der Waals surface area contributed by atoms with Crippen LogP contribution >= 0.6 is 0 Å². The van der Waals surface area contributed by atoms with Crippen molar-refractivity contribution in [3.8, 4) is 22.5 Å². The molecule has 0 saturated heterocycles. The zero-order chi connectivity index (χ0) is 26.1. The monoisotopic (exact) mass is 495 g/mol. The molecule has 4 aromatic rings. The Labute approximate surface area is 215 Å². The van der Waals surface area contributed by atoms with Crippen molar-refractivity contribution in [1.82, 2.24) is 10.6 Å². The second kappa shape index (κ2) is 9.93. The van der Waals surface area contributed by atoms with Crippen LogP contribution in [0, 0.1) is 12.8 Å². The van der Waals surface area contributed by atoms with Crippen LogP contribution in [0.25, 0.3) is 33.4 Å². The fourth-order valence-electron chi connectivity index (χ4n) is 5.10. The highest BCUT2D eigenvalue weighted by Gasteiger charge is 2.32. The van der Waals surface area contributed by atoms with E-state index in [1.165, 1.54) is 0 Å². The second-order valence-corrected chi connectivity index (χ2v) is 9.56. The van der Waals surface area contributed by atoms with Gasteiger partial charge in [0, 0.05) is 29.6 Å². The number of furan rings is 1. The maximum Gasteiger partial charge on any atom is 0.255 e. The van der Waals surface area contributed by atoms with Crippen molar-refractivity contribution in [3.05, 3.63) is 83.4 Å². The van der Waals surface area contributed by atoms with Crippen molar-refractivity contribution < 1.29 is 18.8 Å². The molecule has 188 valence electrons. The third kappa shape index (κ3) is 4.72. The summed E-state index contributed by atoms with van der Waals surface area (Å²) >= 11 is 0. The van der Waals surface area contributed by atoms with Crippen LogP contribution in [-0.2, 0) is 4.79 Å². The van der Waals surface area contributed by atoms with Crippen LogP contribution in [0.4, 0.5) is 0 Å². The molecule has 1 saturated carbocycles. The van der Waals surface area contributed by atoms with Crippen LogP contribution in [0.3, 0.4) is 0 Å². The van der Waals surface area contributed by atoms with Crippen LogP contribution in [0.2, 0.25) is 0 Å². The van der Waals surface area contributed by atoms with E-state index >= 15 is 0 Å². The van der Waals surface area contributed by atoms with Crippen molar-refractivity contribution in [2.24, 2.45) is 11.7 Å². The molecule has 7 heteroatoms. The Kier molecular flexibility index (Phi) is 6.53. The third-order valence-electron chi connectivity index (χ3n) is 7.11. The Hall–Kier alpha value is -4.39. The lowest BCUT2D eigenvalue weighted by molar-refractivity contribution is -0.122. The van der Waals surface area contributed by atoms with E-state index in [4.69, 9.17) is 10.2 Å². The first-order chi connectivity index (χ1) is 17.9. The number of carbonyl (C=O) groups excluding carboxylic acids is 3. The van der Waals surface area contributed by atoms with Crippen LogP contribution in [0.15, 0.2) is 71.1 Å². The maximum absolute atomic E-state index is 13.0. The van der Waals surface area contributed by atoms with Crippen LogP contribution in [0.5, 0.6) is 0 Å². The van der Waals surface area contributed by atoms with Crippen LogP contribution in [0.1, 0.15) is 45.5 Å². The smallest absolute Gasteiger partial charge is 0.255 e. The lowest BCUT2D eigenvalue weighted by Crippen LogP contribution is -2.42. The quantitative estimate of drug-likeness (QED) is 0.356. The Morgan fingerprint density at radius 2 is 1.62 bits per heavy atom. The largest absolute Gasteiger partial charge is 0.455 e. The topological polar surface area (TPSA) is 114 Å². The lowest BCUT2D eigenvalue weighted by Gasteiger charge is -2.18. The number of hydrogen-bond donors (Lipinski definition) is 3. The first-order valence-corrected chi connectivity index (χ1v) is 12.4. The van der Waals surface area contributed by atoms with Crippen LogP contribution in [-0.4, -0.2) is 30.8 Å². The highest BCUT2D eigenvalue weighted by Crippen LogP contribution is 2.36. The van der Waals surface area contributed by atoms with E-state index in [1.807, 2.05) is 67.6 Å². The second-order valence-electron chi connectivity index (χ2n) is 9.56. The zero-order valence-electron chi connectivity index (χ0n) is 20.8. The van der Waals surface area contributed by atoms with E-state index < -0.39 is 0 Å². The first kappa shape index (κ1) is 24.3. The summed E-state index contributed by atoms with van der Waals surface area (Å²) in [5.41, 5.74) is 10.7. The molecule has 4 N–H and O–H groups in total. The number of hydrogen-bond acceptors (Lipinski definition) is 4. The molecule has 2 atom stereocenters. The van der Waals surface area contributed by atoms with E-state index in [9.17, 15) is 14.4 Å². The molecule has 0 unspecified atom stereocenters. The van der Waals surface area contributed by atoms with Gasteiger partial charge in [0.1, 0.15) is 11.3 Å². The maximum atomic E-state index is 13.0. The molecule has 3 amide bonds. The Balaban J connectivity index is 1.50. The minimum Gasteiger partial charge on any atom is -0.455 e. The van der Waals surface area contributed by atoms with Gasteiger partial charge in [0.25, 0.3) is 11.8 Å². The van der Waals surface area contributed by atoms with Gasteiger partial charge in [-0.05, 0) is 55.2 Å². The molecule has 0 radical (unpaired) electrons. The number of nitrogens with two attached hydrogens (primary N) is 1. The van der Waals surface area contributed by atoms with Crippen molar-refractivity contribution >= 4 is 28.7 Å². The Morgan fingerprint density at radius 3 is 2.35 bits per heavy atom. The minimum absolute atomic E-state index is 0.236. The molecule has 0 aliphatic heterocycles. The predicted octanol–water partition coefficient (Wildman–Crippen LogP) is 4.82. The molecule has 0 bridgehead atoms. The molecule has 1 fully saturated rings. The first-order valence-electron chi connectivity index (χ1n) is 12.4. The van der Waals surface area contributed by atoms with Crippen molar-refractivity contribution in [1.29, 1.82) is 0 Å². The van der Waals surface area contributed by atoms with Gasteiger partial charge in [-0.1, -0.05) is 54.4 Å². The number of benzene rings is 3. The van der Waals surface area contributed by atoms with E-state index in [0.29, 0.717) is 34.3 Å². The number of amides is 3. The normalized spacial score (nSPS) is 17.0. The standard InChI is InChI=1S/C30H29N3O4/c1-17-9-11-18(12-10-17)27-26(30(36)32-2)23-16-20(13-14-25(23)37-27)19-5-3-6-21(15-19)29(35)33-24-8-4-7-22(24)28(31)34/h3,5-6,9-16,22,24H,4,7-8H2,1-2H3,(H2,31,34)(H,32,36)(H,33,35)/t22-,24+/m1/s1. The molecule has 1 heterocycles. The number of rotatable bonds is 6. The van der Waals surface area contributed by atoms with Crippen LogP contribution < -0.4 is 16.4 Å². The molecule has 7 nitrogen and oxygen atoms in total. The van der Waals surface area contributed by atoms with Gasteiger partial charge >= 0.3 is 0 Å². The highest BCUT2D eigenvalue weighted by atomic mass is 16.3. The molecular weight excluding hydrogens is 466 g/mol. The summed E-state index contributed by atoms with van der Waals surface area (Å²) in [6.07, 6.45) is 2.30. The Morgan fingerprint density at radius 1 is 0.892 bits per heavy atom. The number of carbonyl (C=O) groups is 3. The van der Waals surface area contributed by atoms with Gasteiger partial charge in [0.05, 0.1) is 11.5 Å². The van der Waals surface area contributed by atoms with Crippen molar-refractivity contribution in [3.63, 3.8) is 0 Å². The van der Waals surface area contributed by atoms with Gasteiger partial charge in [-0.3, -0.25) is 14.4 Å². The summed E-state index contributed by atoms with van der Waals surface area (Å²) in [4.78, 5) is 37.6. The number of fused-ring (bicyclic) bond motifs is 1. The van der Waals surface area contributed by atoms with Gasteiger partial charge in [0.15, 0.2) is 0 Å². The summed E-state index contributed by atoms with van der Waals surface area (Å²) in [7, 11) is 1.60. The number of nitrogens with one attached hydrogen (secondary N) is 2.